The van der Waals surface area contributed by atoms with Crippen LogP contribution in [0.4, 0.5) is 5.69 Å². The van der Waals surface area contributed by atoms with Gasteiger partial charge < -0.3 is 14.9 Å². The molecule has 0 aliphatic carbocycles. The molecule has 2 aromatic carbocycles. The van der Waals surface area contributed by atoms with E-state index in [0.29, 0.717) is 0 Å². The third kappa shape index (κ3) is 4.02. The van der Waals surface area contributed by atoms with Crippen LogP contribution >= 0.6 is 0 Å². The van der Waals surface area contributed by atoms with E-state index in [-0.39, 0.29) is 5.78 Å². The minimum Gasteiger partial charge on any atom is -0.382 e. The van der Waals surface area contributed by atoms with Crippen molar-refractivity contribution in [1.82, 2.24) is 0 Å². The third-order valence-electron chi connectivity index (χ3n) is 4.78. The number of nitrogens with one attached hydrogen (secondary N) is 1. The number of ketones is 1. The molecule has 4 nitrogen and oxygen atoms in total. The largest absolute Gasteiger partial charge is 0.382 e. The lowest BCUT2D eigenvalue weighted by molar-refractivity contribution is -0.904. The predicted molar refractivity (Wildman–Crippen MR) is 95.6 cm³/mol. The van der Waals surface area contributed by atoms with Crippen molar-refractivity contribution in [2.75, 3.05) is 37.6 Å². The van der Waals surface area contributed by atoms with Crippen molar-refractivity contribution in [3.8, 4) is 0 Å². The highest BCUT2D eigenvalue weighted by molar-refractivity contribution is 5.94. The van der Waals surface area contributed by atoms with Gasteiger partial charge in [0.1, 0.15) is 12.6 Å². The van der Waals surface area contributed by atoms with Gasteiger partial charge in [0.2, 0.25) is 0 Å². The molecule has 1 heterocycles. The number of aliphatic hydroxyl groups is 1. The lowest BCUT2D eigenvalue weighted by Gasteiger charge is -2.34. The Balaban J connectivity index is 1.53. The van der Waals surface area contributed by atoms with Gasteiger partial charge in [0, 0.05) is 11.3 Å². The second-order valence-electron chi connectivity index (χ2n) is 6.47. The highest BCUT2D eigenvalue weighted by atomic mass is 16.3. The zero-order valence-electron chi connectivity index (χ0n) is 14.1. The van der Waals surface area contributed by atoms with Crippen LogP contribution in [0.25, 0.3) is 0 Å². The molecule has 0 unspecified atom stereocenters. The molecular formula is C20H25N2O2+. The van der Waals surface area contributed by atoms with Crippen LogP contribution in [-0.4, -0.2) is 43.6 Å². The molecule has 1 aliphatic rings. The average molecular weight is 325 g/mol. The first-order valence-corrected chi connectivity index (χ1v) is 8.56. The molecule has 0 radical (unpaired) electrons. The van der Waals surface area contributed by atoms with E-state index in [1.54, 1.807) is 6.92 Å². The zero-order valence-corrected chi connectivity index (χ0v) is 14.1. The molecule has 0 bridgehead atoms. The van der Waals surface area contributed by atoms with Gasteiger partial charge in [0.25, 0.3) is 0 Å². The summed E-state index contributed by atoms with van der Waals surface area (Å²) in [6.07, 6.45) is -0.400. The van der Waals surface area contributed by atoms with Crippen molar-refractivity contribution in [2.45, 2.75) is 13.0 Å². The SMILES string of the molecule is CC(=O)c1ccc(N2CC[NH+](C[C@H](O)c3ccccc3)CC2)cc1. The molecule has 1 aliphatic heterocycles. The molecule has 1 saturated heterocycles. The van der Waals surface area contributed by atoms with Crippen LogP contribution in [0, 0.1) is 0 Å². The van der Waals surface area contributed by atoms with Crippen molar-refractivity contribution >= 4 is 11.5 Å². The molecule has 4 heteroatoms. The second kappa shape index (κ2) is 7.60. The van der Waals surface area contributed by atoms with Crippen LogP contribution in [0.1, 0.15) is 28.9 Å². The molecule has 1 fully saturated rings. The van der Waals surface area contributed by atoms with E-state index >= 15 is 0 Å². The van der Waals surface area contributed by atoms with Crippen molar-refractivity contribution in [2.24, 2.45) is 0 Å². The quantitative estimate of drug-likeness (QED) is 0.815. The standard InChI is InChI=1S/C20H24N2O2/c1-16(23)17-7-9-19(10-8-17)22-13-11-21(12-14-22)15-20(24)18-5-3-2-4-6-18/h2-10,20,24H,11-15H2,1H3/p+1/t20-/m0/s1. The minimum atomic E-state index is -0.400. The van der Waals surface area contributed by atoms with Crippen molar-refractivity contribution in [3.63, 3.8) is 0 Å². The van der Waals surface area contributed by atoms with Crippen LogP contribution in [0.5, 0.6) is 0 Å². The molecule has 24 heavy (non-hydrogen) atoms. The number of anilines is 1. The Hall–Kier alpha value is -2.17. The number of carbonyl (C=O) groups is 1. The molecule has 0 saturated carbocycles. The first kappa shape index (κ1) is 16.7. The maximum absolute atomic E-state index is 11.4. The average Bonchev–Trinajstić information content (AvgIpc) is 2.63. The summed E-state index contributed by atoms with van der Waals surface area (Å²) in [6, 6.07) is 17.7. The molecule has 3 rings (SSSR count). The van der Waals surface area contributed by atoms with E-state index in [1.165, 1.54) is 10.6 Å². The molecule has 126 valence electrons. The number of quaternary nitrogens is 1. The summed E-state index contributed by atoms with van der Waals surface area (Å²) in [6.45, 7) is 6.31. The van der Waals surface area contributed by atoms with Gasteiger partial charge in [-0.25, -0.2) is 0 Å². The fraction of sp³-hybridized carbons (Fsp3) is 0.350. The molecule has 2 aromatic rings. The van der Waals surface area contributed by atoms with Crippen LogP contribution in [0.15, 0.2) is 54.6 Å². The summed E-state index contributed by atoms with van der Waals surface area (Å²) in [4.78, 5) is 15.1. The number of rotatable bonds is 5. The van der Waals surface area contributed by atoms with Crippen molar-refractivity contribution in [3.05, 3.63) is 65.7 Å². The van der Waals surface area contributed by atoms with Gasteiger partial charge in [-0.2, -0.15) is 0 Å². The maximum atomic E-state index is 11.4. The van der Waals surface area contributed by atoms with Crippen LogP contribution in [-0.2, 0) is 0 Å². The first-order chi connectivity index (χ1) is 11.6. The summed E-state index contributed by atoms with van der Waals surface area (Å²) < 4.78 is 0. The molecule has 0 aromatic heterocycles. The highest BCUT2D eigenvalue weighted by Gasteiger charge is 2.23. The molecule has 2 N–H and O–H groups in total. The molecule has 1 atom stereocenters. The van der Waals surface area contributed by atoms with Crippen LogP contribution in [0.2, 0.25) is 0 Å². The fourth-order valence-electron chi connectivity index (χ4n) is 3.26. The second-order valence-corrected chi connectivity index (χ2v) is 6.47. The molecule has 0 spiro atoms. The number of carbonyl (C=O) groups excluding carboxylic acids is 1. The maximum Gasteiger partial charge on any atom is 0.159 e. The van der Waals surface area contributed by atoms with E-state index in [9.17, 15) is 9.90 Å². The van der Waals surface area contributed by atoms with E-state index in [0.717, 1.165) is 43.9 Å². The molecular weight excluding hydrogens is 300 g/mol. The summed E-state index contributed by atoms with van der Waals surface area (Å²) in [5, 5.41) is 10.4. The van der Waals surface area contributed by atoms with Gasteiger partial charge in [-0.1, -0.05) is 30.3 Å². The zero-order chi connectivity index (χ0) is 16.9. The number of hydrogen-bond donors (Lipinski definition) is 2. The van der Waals surface area contributed by atoms with E-state index in [4.69, 9.17) is 0 Å². The minimum absolute atomic E-state index is 0.103. The van der Waals surface area contributed by atoms with Gasteiger partial charge in [-0.05, 0) is 36.8 Å². The normalized spacial score (nSPS) is 16.8. The lowest BCUT2D eigenvalue weighted by atomic mass is 10.1. The Kier molecular flexibility index (Phi) is 5.28. The van der Waals surface area contributed by atoms with E-state index < -0.39 is 6.10 Å². The van der Waals surface area contributed by atoms with Gasteiger partial charge in [0.15, 0.2) is 5.78 Å². The topological polar surface area (TPSA) is 45.0 Å². The Morgan fingerprint density at radius 1 is 1.08 bits per heavy atom. The monoisotopic (exact) mass is 325 g/mol. The number of aliphatic hydroxyl groups excluding tert-OH is 1. The Morgan fingerprint density at radius 3 is 2.29 bits per heavy atom. The molecule has 0 amide bonds. The van der Waals surface area contributed by atoms with E-state index in [1.807, 2.05) is 54.6 Å². The number of nitrogens with zero attached hydrogens (tertiary/aromatic N) is 1. The summed E-state index contributed by atoms with van der Waals surface area (Å²) in [7, 11) is 0. The summed E-state index contributed by atoms with van der Waals surface area (Å²) >= 11 is 0. The van der Waals surface area contributed by atoms with Gasteiger partial charge in [-0.15, -0.1) is 0 Å². The highest BCUT2D eigenvalue weighted by Crippen LogP contribution is 2.16. The lowest BCUT2D eigenvalue weighted by Crippen LogP contribution is -3.15. The third-order valence-corrected chi connectivity index (χ3v) is 4.78. The van der Waals surface area contributed by atoms with Crippen LogP contribution < -0.4 is 9.80 Å². The van der Waals surface area contributed by atoms with Gasteiger partial charge in [0.05, 0.1) is 26.2 Å². The van der Waals surface area contributed by atoms with Crippen molar-refractivity contribution in [1.29, 1.82) is 0 Å². The number of hydrogen-bond acceptors (Lipinski definition) is 3. The van der Waals surface area contributed by atoms with Gasteiger partial charge in [-0.3, -0.25) is 4.79 Å². The van der Waals surface area contributed by atoms with Crippen LogP contribution in [0.3, 0.4) is 0 Å². The fourth-order valence-corrected chi connectivity index (χ4v) is 3.26. The summed E-state index contributed by atoms with van der Waals surface area (Å²) in [5.74, 6) is 0.103. The first-order valence-electron chi connectivity index (χ1n) is 8.56. The summed E-state index contributed by atoms with van der Waals surface area (Å²) in [5.41, 5.74) is 2.92. The smallest absolute Gasteiger partial charge is 0.159 e. The Morgan fingerprint density at radius 2 is 1.71 bits per heavy atom. The Bertz CT molecular complexity index is 662. The van der Waals surface area contributed by atoms with E-state index in [2.05, 4.69) is 4.90 Å². The number of piperazine rings is 1. The van der Waals surface area contributed by atoms with Gasteiger partial charge >= 0.3 is 0 Å². The van der Waals surface area contributed by atoms with Crippen molar-refractivity contribution < 1.29 is 14.8 Å². The Labute approximate surface area is 143 Å². The number of Topliss-reactive ketones (excluding diaryl/α,β-unsaturated/α-hetero) is 1. The predicted octanol–water partition coefficient (Wildman–Crippen LogP) is 1.33. The number of benzene rings is 2.